The van der Waals surface area contributed by atoms with E-state index in [1.54, 1.807) is 23.2 Å². The van der Waals surface area contributed by atoms with Gasteiger partial charge in [-0.15, -0.1) is 0 Å². The largest absolute Gasteiger partial charge is 0.395 e. The molecule has 0 aliphatic carbocycles. The summed E-state index contributed by atoms with van der Waals surface area (Å²) in [5.41, 5.74) is 3.61. The lowest BCUT2D eigenvalue weighted by atomic mass is 9.98. The van der Waals surface area contributed by atoms with E-state index in [0.29, 0.717) is 17.1 Å². The summed E-state index contributed by atoms with van der Waals surface area (Å²) < 4.78 is 0. The second-order valence-corrected chi connectivity index (χ2v) is 7.45. The summed E-state index contributed by atoms with van der Waals surface area (Å²) in [6, 6.07) is 7.71. The van der Waals surface area contributed by atoms with Gasteiger partial charge in [0, 0.05) is 35.9 Å². The molecule has 1 N–H and O–H groups in total. The first-order valence-corrected chi connectivity index (χ1v) is 9.42. The van der Waals surface area contributed by atoms with Gasteiger partial charge in [0.15, 0.2) is 0 Å². The number of halogens is 1. The van der Waals surface area contributed by atoms with Crippen LogP contribution in [0.3, 0.4) is 0 Å². The van der Waals surface area contributed by atoms with Crippen LogP contribution >= 0.6 is 11.6 Å². The number of hydrogen-bond acceptors (Lipinski definition) is 4. The van der Waals surface area contributed by atoms with Crippen LogP contribution in [0.2, 0.25) is 5.02 Å². The van der Waals surface area contributed by atoms with E-state index < -0.39 is 0 Å². The SMILES string of the molecule is O=C1c2ccc(Cl)cc2CCN1c1cncc(CN2CCCC2CO)c1. The molecule has 1 fully saturated rings. The van der Waals surface area contributed by atoms with Crippen LogP contribution in [0.25, 0.3) is 0 Å². The van der Waals surface area contributed by atoms with Crippen LogP contribution in [0.1, 0.15) is 34.3 Å². The van der Waals surface area contributed by atoms with Crippen molar-refractivity contribution in [3.05, 3.63) is 58.4 Å². The maximum atomic E-state index is 12.9. The van der Waals surface area contributed by atoms with Gasteiger partial charge >= 0.3 is 0 Å². The first kappa shape index (κ1) is 17.5. The average Bonchev–Trinajstić information content (AvgIpc) is 3.09. The molecule has 1 atom stereocenters. The van der Waals surface area contributed by atoms with Crippen molar-refractivity contribution in [2.45, 2.75) is 31.8 Å². The Hall–Kier alpha value is -1.95. The molecule has 6 heteroatoms. The minimum absolute atomic E-state index is 0.00345. The van der Waals surface area contributed by atoms with E-state index in [0.717, 1.165) is 49.2 Å². The molecule has 3 heterocycles. The third kappa shape index (κ3) is 3.34. The molecule has 2 aliphatic rings. The van der Waals surface area contributed by atoms with E-state index in [1.807, 2.05) is 18.3 Å². The van der Waals surface area contributed by atoms with E-state index in [2.05, 4.69) is 9.88 Å². The molecule has 0 radical (unpaired) electrons. The molecule has 0 spiro atoms. The fourth-order valence-corrected chi connectivity index (χ4v) is 4.15. The number of anilines is 1. The summed E-state index contributed by atoms with van der Waals surface area (Å²) in [7, 11) is 0. The predicted molar refractivity (Wildman–Crippen MR) is 102 cm³/mol. The van der Waals surface area contributed by atoms with E-state index in [4.69, 9.17) is 11.6 Å². The lowest BCUT2D eigenvalue weighted by Crippen LogP contribution is -2.38. The van der Waals surface area contributed by atoms with Crippen molar-refractivity contribution in [2.75, 3.05) is 24.6 Å². The molecule has 1 unspecified atom stereocenters. The summed E-state index contributed by atoms with van der Waals surface area (Å²) >= 11 is 6.05. The van der Waals surface area contributed by atoms with Crippen molar-refractivity contribution < 1.29 is 9.90 Å². The normalized spacial score (nSPS) is 20.5. The highest BCUT2D eigenvalue weighted by atomic mass is 35.5. The molecule has 0 bridgehead atoms. The van der Waals surface area contributed by atoms with Gasteiger partial charge in [-0.1, -0.05) is 11.6 Å². The maximum absolute atomic E-state index is 12.9. The molecule has 136 valence electrons. The number of aliphatic hydroxyl groups excluding tert-OH is 1. The smallest absolute Gasteiger partial charge is 0.258 e. The topological polar surface area (TPSA) is 56.7 Å². The van der Waals surface area contributed by atoms with Gasteiger partial charge in [-0.3, -0.25) is 14.7 Å². The zero-order valence-electron chi connectivity index (χ0n) is 14.6. The molecular weight excluding hydrogens is 350 g/mol. The molecule has 26 heavy (non-hydrogen) atoms. The van der Waals surface area contributed by atoms with Gasteiger partial charge in [0.25, 0.3) is 5.91 Å². The number of benzene rings is 1. The lowest BCUT2D eigenvalue weighted by Gasteiger charge is -2.29. The molecular formula is C20H22ClN3O2. The van der Waals surface area contributed by atoms with Crippen molar-refractivity contribution in [2.24, 2.45) is 0 Å². The lowest BCUT2D eigenvalue weighted by molar-refractivity contribution is 0.0980. The number of carbonyl (C=O) groups excluding carboxylic acids is 1. The number of rotatable bonds is 4. The molecule has 2 aromatic rings. The molecule has 4 rings (SSSR count). The van der Waals surface area contributed by atoms with Crippen LogP contribution in [0.5, 0.6) is 0 Å². The van der Waals surface area contributed by atoms with Gasteiger partial charge in [-0.2, -0.15) is 0 Å². The molecule has 2 aliphatic heterocycles. The summed E-state index contributed by atoms with van der Waals surface area (Å²) in [6.07, 6.45) is 6.52. The highest BCUT2D eigenvalue weighted by Crippen LogP contribution is 2.27. The number of fused-ring (bicyclic) bond motifs is 1. The Labute approximate surface area is 158 Å². The Morgan fingerprint density at radius 2 is 2.12 bits per heavy atom. The number of aliphatic hydroxyl groups is 1. The van der Waals surface area contributed by atoms with E-state index in [-0.39, 0.29) is 18.6 Å². The van der Waals surface area contributed by atoms with E-state index in [1.165, 1.54) is 0 Å². The monoisotopic (exact) mass is 371 g/mol. The van der Waals surface area contributed by atoms with Gasteiger partial charge in [-0.05, 0) is 61.2 Å². The molecule has 5 nitrogen and oxygen atoms in total. The average molecular weight is 372 g/mol. The first-order chi connectivity index (χ1) is 12.7. The summed E-state index contributed by atoms with van der Waals surface area (Å²) in [5, 5.41) is 10.2. The number of aromatic nitrogens is 1. The zero-order valence-corrected chi connectivity index (χ0v) is 15.3. The van der Waals surface area contributed by atoms with Crippen molar-refractivity contribution in [3.63, 3.8) is 0 Å². The standard InChI is InChI=1S/C20H22ClN3O2/c21-16-3-4-19-15(9-16)5-7-24(20(19)26)18-8-14(10-22-11-18)12-23-6-1-2-17(23)13-25/h3-4,8-11,17,25H,1-2,5-7,12-13H2. The van der Waals surface area contributed by atoms with E-state index in [9.17, 15) is 9.90 Å². The van der Waals surface area contributed by atoms with Crippen LogP contribution in [0.15, 0.2) is 36.7 Å². The highest BCUT2D eigenvalue weighted by molar-refractivity contribution is 6.30. The third-order valence-corrected chi connectivity index (χ3v) is 5.57. The van der Waals surface area contributed by atoms with Gasteiger partial charge in [-0.25, -0.2) is 0 Å². The van der Waals surface area contributed by atoms with Crippen molar-refractivity contribution in [3.8, 4) is 0 Å². The number of pyridine rings is 1. The van der Waals surface area contributed by atoms with Gasteiger partial charge in [0.05, 0.1) is 18.5 Å². The molecule has 1 saturated heterocycles. The quantitative estimate of drug-likeness (QED) is 0.897. The van der Waals surface area contributed by atoms with Crippen LogP contribution in [0.4, 0.5) is 5.69 Å². The van der Waals surface area contributed by atoms with Crippen LogP contribution in [-0.2, 0) is 13.0 Å². The fourth-order valence-electron chi connectivity index (χ4n) is 3.96. The predicted octanol–water partition coefficient (Wildman–Crippen LogP) is 2.89. The molecule has 1 amide bonds. The first-order valence-electron chi connectivity index (χ1n) is 9.05. The summed E-state index contributed by atoms with van der Waals surface area (Å²) in [6.45, 7) is 2.56. The molecule has 1 aromatic carbocycles. The Balaban J connectivity index is 1.55. The molecule has 1 aromatic heterocycles. The number of nitrogens with zero attached hydrogens (tertiary/aromatic N) is 3. The van der Waals surface area contributed by atoms with Crippen molar-refractivity contribution >= 4 is 23.2 Å². The number of carbonyl (C=O) groups is 1. The van der Waals surface area contributed by atoms with Gasteiger partial charge in [0.2, 0.25) is 0 Å². The minimum atomic E-state index is -0.00345. The summed E-state index contributed by atoms with van der Waals surface area (Å²) in [5.74, 6) is -0.00345. The van der Waals surface area contributed by atoms with Gasteiger partial charge < -0.3 is 10.0 Å². The van der Waals surface area contributed by atoms with E-state index >= 15 is 0 Å². The second kappa shape index (κ2) is 7.35. The minimum Gasteiger partial charge on any atom is -0.395 e. The highest BCUT2D eigenvalue weighted by Gasteiger charge is 2.27. The Morgan fingerprint density at radius 1 is 1.23 bits per heavy atom. The van der Waals surface area contributed by atoms with Crippen LogP contribution < -0.4 is 4.90 Å². The van der Waals surface area contributed by atoms with Crippen LogP contribution in [0, 0.1) is 0 Å². The zero-order chi connectivity index (χ0) is 18.1. The Bertz CT molecular complexity index is 826. The van der Waals surface area contributed by atoms with Crippen molar-refractivity contribution in [1.29, 1.82) is 0 Å². The molecule has 0 saturated carbocycles. The van der Waals surface area contributed by atoms with Crippen molar-refractivity contribution in [1.82, 2.24) is 9.88 Å². The number of likely N-dealkylation sites (tertiary alicyclic amines) is 1. The Kier molecular flexibility index (Phi) is 4.94. The maximum Gasteiger partial charge on any atom is 0.258 e. The number of hydrogen-bond donors (Lipinski definition) is 1. The Morgan fingerprint density at radius 3 is 2.96 bits per heavy atom. The fraction of sp³-hybridized carbons (Fsp3) is 0.400. The third-order valence-electron chi connectivity index (χ3n) is 5.34. The second-order valence-electron chi connectivity index (χ2n) is 7.01. The number of amides is 1. The summed E-state index contributed by atoms with van der Waals surface area (Å²) in [4.78, 5) is 21.3. The van der Waals surface area contributed by atoms with Gasteiger partial charge in [0.1, 0.15) is 0 Å². The van der Waals surface area contributed by atoms with Crippen LogP contribution in [-0.4, -0.2) is 46.6 Å².